The van der Waals surface area contributed by atoms with Crippen LogP contribution < -0.4 is 10.1 Å². The van der Waals surface area contributed by atoms with Crippen molar-refractivity contribution in [2.45, 2.75) is 52.1 Å². The van der Waals surface area contributed by atoms with Gasteiger partial charge in [-0.25, -0.2) is 0 Å². The monoisotopic (exact) mass is 462 g/mol. The summed E-state index contributed by atoms with van der Waals surface area (Å²) in [6, 6.07) is 10.8. The highest BCUT2D eigenvalue weighted by molar-refractivity contribution is 6.03. The van der Waals surface area contributed by atoms with Crippen LogP contribution in [0.1, 0.15) is 65.8 Å². The maximum atomic E-state index is 12.6. The molecule has 3 aromatic rings. The number of carbonyl (C=O) groups is 2. The second-order valence-corrected chi connectivity index (χ2v) is 9.61. The van der Waals surface area contributed by atoms with Crippen molar-refractivity contribution in [2.24, 2.45) is 0 Å². The average molecular weight is 463 g/mol. The van der Waals surface area contributed by atoms with Crippen molar-refractivity contribution in [1.82, 2.24) is 15.0 Å². The van der Waals surface area contributed by atoms with E-state index in [-0.39, 0.29) is 29.0 Å². The fourth-order valence-electron chi connectivity index (χ4n) is 3.76. The molecule has 2 aromatic heterocycles. The lowest BCUT2D eigenvalue weighted by atomic mass is 9.93. The number of aryl methyl sites for hydroxylation is 1. The van der Waals surface area contributed by atoms with Gasteiger partial charge in [0.25, 0.3) is 11.8 Å². The predicted octanol–water partition coefficient (Wildman–Crippen LogP) is 4.61. The Bertz CT molecular complexity index is 1160. The molecule has 1 aliphatic rings. The van der Waals surface area contributed by atoms with Crippen molar-refractivity contribution in [3.05, 3.63) is 71.4 Å². The van der Waals surface area contributed by atoms with Gasteiger partial charge in [0.2, 0.25) is 0 Å². The zero-order chi connectivity index (χ0) is 24.3. The van der Waals surface area contributed by atoms with E-state index >= 15 is 0 Å². The van der Waals surface area contributed by atoms with E-state index in [0.29, 0.717) is 35.9 Å². The van der Waals surface area contributed by atoms with Gasteiger partial charge in [-0.05, 0) is 30.7 Å². The molecule has 1 N–H and O–H groups in total. The van der Waals surface area contributed by atoms with Crippen molar-refractivity contribution < 1.29 is 18.8 Å². The van der Waals surface area contributed by atoms with Crippen LogP contribution in [0.25, 0.3) is 0 Å². The summed E-state index contributed by atoms with van der Waals surface area (Å²) in [5, 5.41) is 6.77. The number of benzene rings is 1. The third-order valence-electron chi connectivity index (χ3n) is 5.86. The minimum Gasteiger partial charge on any atom is -0.490 e. The Labute approximate surface area is 199 Å². The standard InChI is InChI=1S/C26H30N4O4/c1-17-7-8-19(28-24(31)21-15-23(34-29-21)26(2,3)4)14-22(17)33-20-9-12-30(13-10-20)25(32)18-6-5-11-27-16-18/h5-8,11,14-16,20H,9-10,12-13H2,1-4H3,(H,28,31). The molecule has 0 spiro atoms. The van der Waals surface area contributed by atoms with E-state index in [1.165, 1.54) is 0 Å². The number of piperidine rings is 1. The van der Waals surface area contributed by atoms with Gasteiger partial charge in [-0.2, -0.15) is 0 Å². The summed E-state index contributed by atoms with van der Waals surface area (Å²) in [5.74, 6) is 1.02. The van der Waals surface area contributed by atoms with Crippen LogP contribution in [0.5, 0.6) is 5.75 Å². The van der Waals surface area contributed by atoms with E-state index in [9.17, 15) is 9.59 Å². The minimum atomic E-state index is -0.337. The molecule has 0 radical (unpaired) electrons. The number of nitrogens with zero attached hydrogens (tertiary/aromatic N) is 3. The largest absolute Gasteiger partial charge is 0.490 e. The lowest BCUT2D eigenvalue weighted by Gasteiger charge is -2.32. The average Bonchev–Trinajstić information content (AvgIpc) is 3.33. The quantitative estimate of drug-likeness (QED) is 0.595. The van der Waals surface area contributed by atoms with Gasteiger partial charge in [-0.3, -0.25) is 14.6 Å². The van der Waals surface area contributed by atoms with Crippen LogP contribution in [-0.2, 0) is 5.41 Å². The number of nitrogens with one attached hydrogen (secondary N) is 1. The maximum Gasteiger partial charge on any atom is 0.277 e. The number of carbonyl (C=O) groups excluding carboxylic acids is 2. The Kier molecular flexibility index (Phi) is 6.68. The molecule has 178 valence electrons. The normalized spacial score (nSPS) is 14.6. The molecule has 0 aliphatic carbocycles. The third kappa shape index (κ3) is 5.44. The first-order valence-corrected chi connectivity index (χ1v) is 11.5. The van der Waals surface area contributed by atoms with Crippen LogP contribution in [0.3, 0.4) is 0 Å². The topological polar surface area (TPSA) is 97.6 Å². The van der Waals surface area contributed by atoms with Gasteiger partial charge in [-0.15, -0.1) is 0 Å². The lowest BCUT2D eigenvalue weighted by Crippen LogP contribution is -2.41. The Morgan fingerprint density at radius 3 is 2.56 bits per heavy atom. The zero-order valence-electron chi connectivity index (χ0n) is 20.0. The summed E-state index contributed by atoms with van der Waals surface area (Å²) in [5.41, 5.74) is 2.20. The number of hydrogen-bond acceptors (Lipinski definition) is 6. The fraction of sp³-hybridized carbons (Fsp3) is 0.385. The molecule has 1 fully saturated rings. The van der Waals surface area contributed by atoms with Crippen molar-refractivity contribution in [3.63, 3.8) is 0 Å². The van der Waals surface area contributed by atoms with Gasteiger partial charge in [0, 0.05) is 61.6 Å². The molecular formula is C26H30N4O4. The first-order valence-electron chi connectivity index (χ1n) is 11.5. The molecule has 1 saturated heterocycles. The summed E-state index contributed by atoms with van der Waals surface area (Å²) >= 11 is 0. The SMILES string of the molecule is Cc1ccc(NC(=O)c2cc(C(C)(C)C)on2)cc1OC1CCN(C(=O)c2cccnc2)CC1. The summed E-state index contributed by atoms with van der Waals surface area (Å²) in [4.78, 5) is 31.1. The molecule has 0 atom stereocenters. The van der Waals surface area contributed by atoms with Crippen LogP contribution >= 0.6 is 0 Å². The molecule has 8 heteroatoms. The first kappa shape index (κ1) is 23.5. The first-order chi connectivity index (χ1) is 16.2. The van der Waals surface area contributed by atoms with Crippen molar-refractivity contribution in [3.8, 4) is 5.75 Å². The number of hydrogen-bond donors (Lipinski definition) is 1. The number of ether oxygens (including phenoxy) is 1. The van der Waals surface area contributed by atoms with Gasteiger partial charge in [0.05, 0.1) is 5.56 Å². The predicted molar refractivity (Wildman–Crippen MR) is 128 cm³/mol. The smallest absolute Gasteiger partial charge is 0.277 e. The summed E-state index contributed by atoms with van der Waals surface area (Å²) in [7, 11) is 0. The number of pyridine rings is 1. The molecule has 0 saturated carbocycles. The van der Waals surface area contributed by atoms with Gasteiger partial charge in [0.1, 0.15) is 17.6 Å². The Morgan fingerprint density at radius 1 is 1.15 bits per heavy atom. The van der Waals surface area contributed by atoms with Crippen LogP contribution in [0.15, 0.2) is 53.3 Å². The van der Waals surface area contributed by atoms with Gasteiger partial charge < -0.3 is 19.5 Å². The van der Waals surface area contributed by atoms with E-state index in [4.69, 9.17) is 9.26 Å². The highest BCUT2D eigenvalue weighted by Gasteiger charge is 2.26. The van der Waals surface area contributed by atoms with Gasteiger partial charge >= 0.3 is 0 Å². The molecule has 8 nitrogen and oxygen atoms in total. The molecule has 34 heavy (non-hydrogen) atoms. The molecular weight excluding hydrogens is 432 g/mol. The number of rotatable bonds is 5. The second kappa shape index (κ2) is 9.67. The Balaban J connectivity index is 1.36. The summed E-state index contributed by atoms with van der Waals surface area (Å²) in [6.07, 6.45) is 4.71. The molecule has 1 aliphatic heterocycles. The van der Waals surface area contributed by atoms with Crippen molar-refractivity contribution in [2.75, 3.05) is 18.4 Å². The second-order valence-electron chi connectivity index (χ2n) is 9.61. The molecule has 3 heterocycles. The number of amides is 2. The van der Waals surface area contributed by atoms with Crippen LogP contribution in [0.2, 0.25) is 0 Å². The van der Waals surface area contributed by atoms with Crippen LogP contribution in [-0.4, -0.2) is 46.0 Å². The van der Waals surface area contributed by atoms with E-state index in [0.717, 1.165) is 18.4 Å². The zero-order valence-corrected chi connectivity index (χ0v) is 20.0. The summed E-state index contributed by atoms with van der Waals surface area (Å²) in [6.45, 7) is 9.20. The number of aromatic nitrogens is 2. The number of anilines is 1. The highest BCUT2D eigenvalue weighted by atomic mass is 16.5. The fourth-order valence-corrected chi connectivity index (χ4v) is 3.76. The highest BCUT2D eigenvalue weighted by Crippen LogP contribution is 2.27. The van der Waals surface area contributed by atoms with Crippen molar-refractivity contribution >= 4 is 17.5 Å². The lowest BCUT2D eigenvalue weighted by molar-refractivity contribution is 0.0594. The molecule has 0 bridgehead atoms. The van der Waals surface area contributed by atoms with E-state index in [1.54, 1.807) is 30.6 Å². The Morgan fingerprint density at radius 2 is 1.91 bits per heavy atom. The maximum absolute atomic E-state index is 12.6. The van der Waals surface area contributed by atoms with Crippen molar-refractivity contribution in [1.29, 1.82) is 0 Å². The van der Waals surface area contributed by atoms with Crippen LogP contribution in [0.4, 0.5) is 5.69 Å². The van der Waals surface area contributed by atoms with Crippen LogP contribution in [0, 0.1) is 6.92 Å². The minimum absolute atomic E-state index is 0.00471. The van der Waals surface area contributed by atoms with E-state index in [1.807, 2.05) is 50.8 Å². The number of likely N-dealkylation sites (tertiary alicyclic amines) is 1. The molecule has 1 aromatic carbocycles. The summed E-state index contributed by atoms with van der Waals surface area (Å²) < 4.78 is 11.6. The molecule has 4 rings (SSSR count). The molecule has 0 unspecified atom stereocenters. The third-order valence-corrected chi connectivity index (χ3v) is 5.86. The van der Waals surface area contributed by atoms with E-state index < -0.39 is 0 Å². The Hall–Kier alpha value is -3.68. The van der Waals surface area contributed by atoms with E-state index in [2.05, 4.69) is 15.5 Å². The van der Waals surface area contributed by atoms with Gasteiger partial charge in [0.15, 0.2) is 5.69 Å². The molecule has 2 amide bonds. The van der Waals surface area contributed by atoms with Gasteiger partial charge in [-0.1, -0.05) is 32.0 Å².